The predicted molar refractivity (Wildman–Crippen MR) is 84.4 cm³/mol. The second-order valence-electron chi connectivity index (χ2n) is 5.88. The molecule has 3 aromatic heterocycles. The van der Waals surface area contributed by atoms with Gasteiger partial charge in [-0.25, -0.2) is 0 Å². The van der Waals surface area contributed by atoms with Crippen molar-refractivity contribution in [2.75, 3.05) is 0 Å². The van der Waals surface area contributed by atoms with Gasteiger partial charge in [0.15, 0.2) is 4.34 Å². The first kappa shape index (κ1) is 15.2. The van der Waals surface area contributed by atoms with Gasteiger partial charge in [-0.1, -0.05) is 49.0 Å². The number of rotatable bonds is 3. The summed E-state index contributed by atoms with van der Waals surface area (Å²) in [5.41, 5.74) is 0.688. The summed E-state index contributed by atoms with van der Waals surface area (Å²) < 4.78 is 7.10. The molecule has 3 rings (SSSR count). The molecule has 0 N–H and O–H groups in total. The van der Waals surface area contributed by atoms with Crippen LogP contribution in [0.4, 0.5) is 0 Å². The maximum absolute atomic E-state index is 12.4. The largest absolute Gasteiger partial charge is 0.361 e. The van der Waals surface area contributed by atoms with Crippen molar-refractivity contribution < 1.29 is 4.52 Å². The van der Waals surface area contributed by atoms with Gasteiger partial charge in [-0.3, -0.25) is 4.79 Å². The van der Waals surface area contributed by atoms with E-state index in [1.807, 2.05) is 33.8 Å². The van der Waals surface area contributed by atoms with Crippen LogP contribution in [-0.2, 0) is 11.2 Å². The molecule has 7 nitrogen and oxygen atoms in total. The van der Waals surface area contributed by atoms with E-state index >= 15 is 0 Å². The number of aryl methyl sites for hydroxylation is 1. The fraction of sp³-hybridized carbons (Fsp3) is 0.462. The van der Waals surface area contributed by atoms with Crippen molar-refractivity contribution >= 4 is 28.1 Å². The summed E-state index contributed by atoms with van der Waals surface area (Å²) in [6, 6.07) is 1.88. The average Bonchev–Trinajstić information content (AvgIpc) is 3.01. The van der Waals surface area contributed by atoms with Gasteiger partial charge in [0.05, 0.1) is 5.69 Å². The van der Waals surface area contributed by atoms with Crippen LogP contribution in [-0.4, -0.2) is 25.0 Å². The summed E-state index contributed by atoms with van der Waals surface area (Å²) in [6.45, 7) is 7.64. The zero-order chi connectivity index (χ0) is 15.9. The first-order valence-electron chi connectivity index (χ1n) is 6.66. The summed E-state index contributed by atoms with van der Waals surface area (Å²) >= 11 is 2.83. The van der Waals surface area contributed by atoms with Crippen molar-refractivity contribution in [1.29, 1.82) is 0 Å². The quantitative estimate of drug-likeness (QED) is 0.678. The van der Waals surface area contributed by atoms with Gasteiger partial charge in [0.1, 0.15) is 11.5 Å². The highest BCUT2D eigenvalue weighted by Gasteiger charge is 2.23. The Hall–Kier alpha value is -1.74. The van der Waals surface area contributed by atoms with Crippen molar-refractivity contribution in [3.8, 4) is 0 Å². The molecule has 0 aromatic carbocycles. The first-order chi connectivity index (χ1) is 10.3. The van der Waals surface area contributed by atoms with Crippen molar-refractivity contribution in [2.45, 2.75) is 43.2 Å². The van der Waals surface area contributed by atoms with Crippen LogP contribution in [0, 0.1) is 6.92 Å². The second kappa shape index (κ2) is 5.47. The molecule has 3 heterocycles. The molecule has 0 unspecified atom stereocenters. The third kappa shape index (κ3) is 2.91. The molecule has 0 radical (unpaired) electrons. The molecule has 0 saturated carbocycles. The van der Waals surface area contributed by atoms with Crippen molar-refractivity contribution in [1.82, 2.24) is 25.0 Å². The van der Waals surface area contributed by atoms with Gasteiger partial charge >= 0.3 is 0 Å². The van der Waals surface area contributed by atoms with Crippen LogP contribution in [0.15, 0.2) is 19.7 Å². The molecule has 0 aliphatic heterocycles. The molecule has 0 fully saturated rings. The topological polar surface area (TPSA) is 86.2 Å². The Morgan fingerprint density at radius 2 is 2.14 bits per heavy atom. The van der Waals surface area contributed by atoms with E-state index in [9.17, 15) is 4.79 Å². The first-order valence-corrected chi connectivity index (χ1v) is 8.47. The third-order valence-electron chi connectivity index (χ3n) is 2.90. The average molecular weight is 337 g/mol. The van der Waals surface area contributed by atoms with Crippen LogP contribution in [0.1, 0.15) is 37.9 Å². The Morgan fingerprint density at radius 3 is 2.77 bits per heavy atom. The Morgan fingerprint density at radius 1 is 1.36 bits per heavy atom. The van der Waals surface area contributed by atoms with Crippen molar-refractivity contribution in [3.63, 3.8) is 0 Å². The van der Waals surface area contributed by atoms with Gasteiger partial charge in [-0.2, -0.15) is 4.52 Å². The highest BCUT2D eigenvalue weighted by molar-refractivity contribution is 8.00. The summed E-state index contributed by atoms with van der Waals surface area (Å²) in [6.07, 6.45) is 0. The number of nitrogens with zero attached hydrogens (tertiary/aromatic N) is 5. The lowest BCUT2D eigenvalue weighted by molar-refractivity contribution is 0.393. The molecule has 116 valence electrons. The molecular formula is C13H15N5O2S2. The number of aromatic nitrogens is 5. The van der Waals surface area contributed by atoms with Crippen molar-refractivity contribution in [3.05, 3.63) is 33.6 Å². The van der Waals surface area contributed by atoms with Crippen LogP contribution in [0.2, 0.25) is 0 Å². The van der Waals surface area contributed by atoms with Gasteiger partial charge in [-0.05, 0) is 6.92 Å². The lowest BCUT2D eigenvalue weighted by Crippen LogP contribution is -2.30. The van der Waals surface area contributed by atoms with E-state index in [4.69, 9.17) is 4.52 Å². The lowest BCUT2D eigenvalue weighted by atomic mass is 9.93. The van der Waals surface area contributed by atoms with E-state index in [1.54, 1.807) is 0 Å². The number of hydrogen-bond donors (Lipinski definition) is 0. The van der Waals surface area contributed by atoms with Gasteiger partial charge in [0.2, 0.25) is 4.96 Å². The van der Waals surface area contributed by atoms with Gasteiger partial charge in [0.25, 0.3) is 5.56 Å². The molecule has 0 aliphatic rings. The van der Waals surface area contributed by atoms with Gasteiger partial charge in [0, 0.05) is 17.2 Å². The predicted octanol–water partition coefficient (Wildman–Crippen LogP) is 2.43. The maximum atomic E-state index is 12.4. The zero-order valence-corrected chi connectivity index (χ0v) is 14.3. The maximum Gasteiger partial charge on any atom is 0.297 e. The zero-order valence-electron chi connectivity index (χ0n) is 12.7. The Balaban J connectivity index is 1.90. The summed E-state index contributed by atoms with van der Waals surface area (Å²) in [5.74, 6) is 1.41. The molecule has 0 aliphatic carbocycles. The number of fused-ring (bicyclic) bond motifs is 1. The second-order valence-corrected chi connectivity index (χ2v) is 8.06. The van der Waals surface area contributed by atoms with E-state index in [1.165, 1.54) is 27.6 Å². The highest BCUT2D eigenvalue weighted by atomic mass is 32.2. The molecule has 22 heavy (non-hydrogen) atoms. The number of thioether (sulfide) groups is 1. The molecule has 9 heteroatoms. The van der Waals surface area contributed by atoms with Crippen LogP contribution >= 0.6 is 23.1 Å². The summed E-state index contributed by atoms with van der Waals surface area (Å²) in [7, 11) is 0. The molecule has 0 spiro atoms. The molecule has 0 bridgehead atoms. The SMILES string of the molecule is Cc1cc(CSc2nn3c(=O)c(C(C)(C)C)nnc3s2)no1. The Labute approximate surface area is 134 Å². The van der Waals surface area contributed by atoms with E-state index in [0.717, 1.165) is 15.8 Å². The van der Waals surface area contributed by atoms with Crippen molar-refractivity contribution in [2.24, 2.45) is 0 Å². The highest BCUT2D eigenvalue weighted by Crippen LogP contribution is 2.26. The molecule has 3 aromatic rings. The van der Waals surface area contributed by atoms with E-state index in [0.29, 0.717) is 16.4 Å². The minimum Gasteiger partial charge on any atom is -0.361 e. The molecule has 0 saturated heterocycles. The molecule has 0 amide bonds. The lowest BCUT2D eigenvalue weighted by Gasteiger charge is -2.14. The minimum absolute atomic E-state index is 0.210. The van der Waals surface area contributed by atoms with E-state index in [-0.39, 0.29) is 11.0 Å². The summed E-state index contributed by atoms with van der Waals surface area (Å²) in [5, 5.41) is 16.4. The Bertz CT molecular complexity index is 875. The van der Waals surface area contributed by atoms with Gasteiger partial charge in [-0.15, -0.1) is 15.3 Å². The fourth-order valence-corrected chi connectivity index (χ4v) is 3.60. The van der Waals surface area contributed by atoms with Crippen LogP contribution < -0.4 is 5.56 Å². The summed E-state index contributed by atoms with van der Waals surface area (Å²) in [4.78, 5) is 12.9. The van der Waals surface area contributed by atoms with Crippen LogP contribution in [0.25, 0.3) is 4.96 Å². The molecule has 0 atom stereocenters. The molecular weight excluding hydrogens is 322 g/mol. The normalized spacial score (nSPS) is 12.2. The standard InChI is InChI=1S/C13H15N5O2S2/c1-7-5-8(17-20-7)6-21-12-16-18-10(19)9(13(2,3)4)14-15-11(18)22-12/h5H,6H2,1-4H3. The van der Waals surface area contributed by atoms with E-state index < -0.39 is 0 Å². The van der Waals surface area contributed by atoms with Crippen LogP contribution in [0.3, 0.4) is 0 Å². The third-order valence-corrected chi connectivity index (χ3v) is 4.97. The van der Waals surface area contributed by atoms with E-state index in [2.05, 4.69) is 20.5 Å². The van der Waals surface area contributed by atoms with Crippen LogP contribution in [0.5, 0.6) is 0 Å². The number of hydrogen-bond acceptors (Lipinski definition) is 8. The fourth-order valence-electron chi connectivity index (χ4n) is 1.85. The minimum atomic E-state index is -0.361. The monoisotopic (exact) mass is 337 g/mol. The van der Waals surface area contributed by atoms with Gasteiger partial charge < -0.3 is 4.52 Å². The Kier molecular flexibility index (Phi) is 3.77. The smallest absolute Gasteiger partial charge is 0.297 e.